The summed E-state index contributed by atoms with van der Waals surface area (Å²) in [4.78, 5) is 22.8. The van der Waals surface area contributed by atoms with Crippen molar-refractivity contribution in [3.05, 3.63) is 0 Å². The summed E-state index contributed by atoms with van der Waals surface area (Å²) in [5.41, 5.74) is 0. The minimum absolute atomic E-state index is 0.169. The van der Waals surface area contributed by atoms with Crippen molar-refractivity contribution >= 4 is 11.7 Å². The molecule has 1 rings (SSSR count). The van der Waals surface area contributed by atoms with E-state index in [2.05, 4.69) is 5.32 Å². The summed E-state index contributed by atoms with van der Waals surface area (Å²) >= 11 is 0. The van der Waals surface area contributed by atoms with E-state index in [0.29, 0.717) is 32.6 Å². The van der Waals surface area contributed by atoms with E-state index in [0.717, 1.165) is 12.8 Å². The molecular formula is C14H25NO3. The van der Waals surface area contributed by atoms with Gasteiger partial charge in [-0.1, -0.05) is 26.2 Å². The highest BCUT2D eigenvalue weighted by Gasteiger charge is 2.20. The van der Waals surface area contributed by atoms with Gasteiger partial charge in [0.25, 0.3) is 0 Å². The molecule has 0 aromatic rings. The maximum Gasteiger partial charge on any atom is 0.223 e. The van der Waals surface area contributed by atoms with E-state index in [1.54, 1.807) is 0 Å². The Morgan fingerprint density at radius 1 is 1.17 bits per heavy atom. The molecule has 4 nitrogen and oxygen atoms in total. The highest BCUT2D eigenvalue weighted by Crippen LogP contribution is 2.23. The van der Waals surface area contributed by atoms with Crippen LogP contribution in [-0.4, -0.2) is 31.4 Å². The van der Waals surface area contributed by atoms with Crippen molar-refractivity contribution in [2.75, 3.05) is 19.8 Å². The third-order valence-electron chi connectivity index (χ3n) is 3.44. The molecule has 0 aliphatic heterocycles. The van der Waals surface area contributed by atoms with Gasteiger partial charge >= 0.3 is 0 Å². The van der Waals surface area contributed by atoms with Crippen molar-refractivity contribution in [2.45, 2.75) is 51.9 Å². The first-order chi connectivity index (χ1) is 8.74. The number of carbonyl (C=O) groups is 2. The summed E-state index contributed by atoms with van der Waals surface area (Å²) in [6, 6.07) is 0. The molecule has 0 unspecified atom stereocenters. The number of Topliss-reactive ketones (excluding diaryl/α,β-unsaturated/α-hetero) is 1. The van der Waals surface area contributed by atoms with Gasteiger partial charge in [-0.2, -0.15) is 0 Å². The Hall–Kier alpha value is -0.900. The lowest BCUT2D eigenvalue weighted by Gasteiger charge is -2.20. The Morgan fingerprint density at radius 3 is 2.56 bits per heavy atom. The van der Waals surface area contributed by atoms with Crippen LogP contribution in [0, 0.1) is 5.92 Å². The Bertz CT molecular complexity index is 260. The highest BCUT2D eigenvalue weighted by atomic mass is 16.5. The molecule has 1 N–H and O–H groups in total. The van der Waals surface area contributed by atoms with Gasteiger partial charge in [-0.05, 0) is 12.8 Å². The molecule has 0 spiro atoms. The van der Waals surface area contributed by atoms with Crippen molar-refractivity contribution in [3.8, 4) is 0 Å². The standard InChI is InChI=1S/C14H25NO3/c1-2-13(16)8-10-18-11-9-15-14(17)12-6-4-3-5-7-12/h12H,2-11H2,1H3,(H,15,17). The fourth-order valence-electron chi connectivity index (χ4n) is 2.22. The first-order valence-corrected chi connectivity index (χ1v) is 7.11. The fourth-order valence-corrected chi connectivity index (χ4v) is 2.22. The minimum atomic E-state index is 0.169. The minimum Gasteiger partial charge on any atom is -0.379 e. The van der Waals surface area contributed by atoms with Gasteiger partial charge in [0.2, 0.25) is 5.91 Å². The van der Waals surface area contributed by atoms with E-state index in [1.165, 1.54) is 19.3 Å². The molecule has 0 aromatic carbocycles. The second kappa shape index (κ2) is 9.09. The van der Waals surface area contributed by atoms with Gasteiger partial charge in [-0.3, -0.25) is 9.59 Å². The molecule has 0 saturated heterocycles. The van der Waals surface area contributed by atoms with Crippen LogP contribution in [0.3, 0.4) is 0 Å². The van der Waals surface area contributed by atoms with Crippen molar-refractivity contribution in [1.82, 2.24) is 5.32 Å². The van der Waals surface area contributed by atoms with Gasteiger partial charge in [0.05, 0.1) is 13.2 Å². The lowest BCUT2D eigenvalue weighted by molar-refractivity contribution is -0.126. The van der Waals surface area contributed by atoms with Crippen LogP contribution in [0.15, 0.2) is 0 Å². The highest BCUT2D eigenvalue weighted by molar-refractivity contribution is 5.78. The van der Waals surface area contributed by atoms with Crippen molar-refractivity contribution < 1.29 is 14.3 Å². The maximum absolute atomic E-state index is 11.8. The van der Waals surface area contributed by atoms with Gasteiger partial charge in [0.1, 0.15) is 5.78 Å². The SMILES string of the molecule is CCC(=O)CCOCCNC(=O)C1CCCCC1. The molecule has 18 heavy (non-hydrogen) atoms. The van der Waals surface area contributed by atoms with Crippen LogP contribution in [0.1, 0.15) is 51.9 Å². The number of ether oxygens (including phenoxy) is 1. The van der Waals surface area contributed by atoms with E-state index in [-0.39, 0.29) is 17.6 Å². The second-order valence-corrected chi connectivity index (χ2v) is 4.88. The zero-order valence-electron chi connectivity index (χ0n) is 11.4. The van der Waals surface area contributed by atoms with Crippen LogP contribution in [0.2, 0.25) is 0 Å². The average molecular weight is 255 g/mol. The van der Waals surface area contributed by atoms with Crippen molar-refractivity contribution in [2.24, 2.45) is 5.92 Å². The summed E-state index contributed by atoms with van der Waals surface area (Å²) in [5.74, 6) is 0.601. The third kappa shape index (κ3) is 6.15. The molecule has 104 valence electrons. The zero-order valence-corrected chi connectivity index (χ0v) is 11.4. The Balaban J connectivity index is 1.96. The first-order valence-electron chi connectivity index (χ1n) is 7.11. The number of carbonyl (C=O) groups excluding carboxylic acids is 2. The number of rotatable bonds is 8. The molecular weight excluding hydrogens is 230 g/mol. The molecule has 1 amide bonds. The molecule has 1 aliphatic rings. The van der Waals surface area contributed by atoms with Crippen molar-refractivity contribution in [3.63, 3.8) is 0 Å². The molecule has 1 saturated carbocycles. The lowest BCUT2D eigenvalue weighted by Crippen LogP contribution is -2.34. The topological polar surface area (TPSA) is 55.4 Å². The maximum atomic E-state index is 11.8. The predicted octanol–water partition coefficient (Wildman–Crippen LogP) is 2.07. The molecule has 0 atom stereocenters. The van der Waals surface area contributed by atoms with Crippen LogP contribution >= 0.6 is 0 Å². The van der Waals surface area contributed by atoms with Gasteiger partial charge in [-0.15, -0.1) is 0 Å². The van der Waals surface area contributed by atoms with Gasteiger partial charge in [-0.25, -0.2) is 0 Å². The van der Waals surface area contributed by atoms with Crippen LogP contribution in [0.25, 0.3) is 0 Å². The molecule has 0 heterocycles. The zero-order chi connectivity index (χ0) is 13.2. The summed E-state index contributed by atoms with van der Waals surface area (Å²) in [5, 5.41) is 2.91. The van der Waals surface area contributed by atoms with E-state index in [1.807, 2.05) is 6.92 Å². The quantitative estimate of drug-likeness (QED) is 0.675. The monoisotopic (exact) mass is 255 g/mol. The summed E-state index contributed by atoms with van der Waals surface area (Å²) in [7, 11) is 0. The Kier molecular flexibility index (Phi) is 7.65. The molecule has 4 heteroatoms. The van der Waals surface area contributed by atoms with Crippen LogP contribution < -0.4 is 5.32 Å². The average Bonchev–Trinajstić information content (AvgIpc) is 2.43. The molecule has 0 radical (unpaired) electrons. The van der Waals surface area contributed by atoms with E-state index < -0.39 is 0 Å². The lowest BCUT2D eigenvalue weighted by atomic mass is 9.89. The summed E-state index contributed by atoms with van der Waals surface area (Å²) in [6.45, 7) is 3.36. The predicted molar refractivity (Wildman–Crippen MR) is 70.3 cm³/mol. The first kappa shape index (κ1) is 15.2. The molecule has 1 fully saturated rings. The van der Waals surface area contributed by atoms with Gasteiger partial charge in [0.15, 0.2) is 0 Å². The van der Waals surface area contributed by atoms with Crippen molar-refractivity contribution in [1.29, 1.82) is 0 Å². The fraction of sp³-hybridized carbons (Fsp3) is 0.857. The third-order valence-corrected chi connectivity index (χ3v) is 3.44. The largest absolute Gasteiger partial charge is 0.379 e. The van der Waals surface area contributed by atoms with Crippen LogP contribution in [0.4, 0.5) is 0 Å². The van der Waals surface area contributed by atoms with E-state index >= 15 is 0 Å². The number of hydrogen-bond donors (Lipinski definition) is 1. The summed E-state index contributed by atoms with van der Waals surface area (Å²) < 4.78 is 5.31. The van der Waals surface area contributed by atoms with Crippen LogP contribution in [0.5, 0.6) is 0 Å². The molecule has 0 aromatic heterocycles. The number of amides is 1. The van der Waals surface area contributed by atoms with Gasteiger partial charge in [0, 0.05) is 25.3 Å². The smallest absolute Gasteiger partial charge is 0.223 e. The molecule has 0 bridgehead atoms. The Morgan fingerprint density at radius 2 is 1.89 bits per heavy atom. The van der Waals surface area contributed by atoms with E-state index in [9.17, 15) is 9.59 Å². The Labute approximate surface area is 109 Å². The number of nitrogens with one attached hydrogen (secondary N) is 1. The molecule has 1 aliphatic carbocycles. The normalized spacial score (nSPS) is 16.5. The second-order valence-electron chi connectivity index (χ2n) is 4.88. The van der Waals surface area contributed by atoms with E-state index in [4.69, 9.17) is 4.74 Å². The number of ketones is 1. The van der Waals surface area contributed by atoms with Gasteiger partial charge < -0.3 is 10.1 Å². The summed E-state index contributed by atoms with van der Waals surface area (Å²) in [6.07, 6.45) is 6.71. The van der Waals surface area contributed by atoms with Crippen LogP contribution in [-0.2, 0) is 14.3 Å². The number of hydrogen-bond acceptors (Lipinski definition) is 3.